The summed E-state index contributed by atoms with van der Waals surface area (Å²) in [7, 11) is -1.96. The molecule has 2 rings (SSSR count). The van der Waals surface area contributed by atoms with Gasteiger partial charge in [0.2, 0.25) is 10.0 Å². The van der Waals surface area contributed by atoms with E-state index in [9.17, 15) is 8.42 Å². The van der Waals surface area contributed by atoms with E-state index < -0.39 is 10.0 Å². The highest BCUT2D eigenvalue weighted by Crippen LogP contribution is 2.27. The van der Waals surface area contributed by atoms with Crippen molar-refractivity contribution in [3.05, 3.63) is 23.8 Å². The van der Waals surface area contributed by atoms with Crippen LogP contribution in [0, 0.1) is 6.92 Å². The van der Waals surface area contributed by atoms with Crippen molar-refractivity contribution in [2.45, 2.75) is 30.7 Å². The number of aryl methyl sites for hydroxylation is 1. The van der Waals surface area contributed by atoms with Crippen molar-refractivity contribution in [2.24, 2.45) is 0 Å². The Labute approximate surface area is 95.7 Å². The van der Waals surface area contributed by atoms with Crippen molar-refractivity contribution in [1.82, 2.24) is 4.72 Å². The van der Waals surface area contributed by atoms with Gasteiger partial charge in [0.15, 0.2) is 0 Å². The van der Waals surface area contributed by atoms with E-state index in [-0.39, 0.29) is 10.9 Å². The first kappa shape index (κ1) is 11.4. The molecule has 5 heteroatoms. The Morgan fingerprint density at radius 1 is 1.38 bits per heavy atom. The quantitative estimate of drug-likeness (QED) is 0.868. The number of methoxy groups -OCH3 is 1. The molecule has 1 aromatic rings. The smallest absolute Gasteiger partial charge is 0.244 e. The average molecular weight is 241 g/mol. The Balaban J connectivity index is 2.40. The van der Waals surface area contributed by atoms with E-state index >= 15 is 0 Å². The lowest BCUT2D eigenvalue weighted by Gasteiger charge is -2.10. The highest BCUT2D eigenvalue weighted by Gasteiger charge is 2.29. The van der Waals surface area contributed by atoms with Gasteiger partial charge in [-0.25, -0.2) is 13.1 Å². The Morgan fingerprint density at radius 2 is 2.06 bits per heavy atom. The number of rotatable bonds is 4. The second-order valence-corrected chi connectivity index (χ2v) is 5.73. The molecule has 4 nitrogen and oxygen atoms in total. The molecule has 0 atom stereocenters. The van der Waals surface area contributed by atoms with E-state index in [1.54, 1.807) is 12.1 Å². The molecule has 0 heterocycles. The van der Waals surface area contributed by atoms with Crippen LogP contribution in [0.2, 0.25) is 0 Å². The van der Waals surface area contributed by atoms with Crippen LogP contribution < -0.4 is 9.46 Å². The molecule has 0 bridgehead atoms. The molecule has 0 amide bonds. The van der Waals surface area contributed by atoms with Crippen molar-refractivity contribution >= 4 is 10.0 Å². The second-order valence-electron chi connectivity index (χ2n) is 4.05. The third-order valence-corrected chi connectivity index (χ3v) is 4.05. The summed E-state index contributed by atoms with van der Waals surface area (Å²) >= 11 is 0. The second kappa shape index (κ2) is 4.07. The molecule has 0 aliphatic heterocycles. The molecule has 0 radical (unpaired) electrons. The fourth-order valence-corrected chi connectivity index (χ4v) is 3.04. The number of nitrogens with one attached hydrogen (secondary N) is 1. The SMILES string of the molecule is COc1ccc(C)cc1S(=O)(=O)NC1CC1. The standard InChI is InChI=1S/C11H15NO3S/c1-8-3-6-10(15-2)11(7-8)16(13,14)12-9-4-5-9/h3,6-7,9,12H,4-5H2,1-2H3. The van der Waals surface area contributed by atoms with Gasteiger partial charge < -0.3 is 4.74 Å². The summed E-state index contributed by atoms with van der Waals surface area (Å²) in [6.07, 6.45) is 1.85. The Bertz CT molecular complexity index is 492. The summed E-state index contributed by atoms with van der Waals surface area (Å²) in [4.78, 5) is 0.224. The molecular weight excluding hydrogens is 226 g/mol. The summed E-state index contributed by atoms with van der Waals surface area (Å²) in [5.74, 6) is 0.388. The van der Waals surface area contributed by atoms with Gasteiger partial charge in [-0.2, -0.15) is 0 Å². The Kier molecular flexibility index (Phi) is 2.90. The Hall–Kier alpha value is -1.07. The van der Waals surface area contributed by atoms with Gasteiger partial charge in [-0.3, -0.25) is 0 Å². The maximum absolute atomic E-state index is 12.0. The van der Waals surface area contributed by atoms with E-state index in [1.165, 1.54) is 7.11 Å². The van der Waals surface area contributed by atoms with Crippen LogP contribution in [0.5, 0.6) is 5.75 Å². The monoisotopic (exact) mass is 241 g/mol. The van der Waals surface area contributed by atoms with Crippen molar-refractivity contribution in [2.75, 3.05) is 7.11 Å². The van der Waals surface area contributed by atoms with Crippen LogP contribution in [0.4, 0.5) is 0 Å². The first-order valence-corrected chi connectivity index (χ1v) is 6.68. The minimum absolute atomic E-state index is 0.107. The van der Waals surface area contributed by atoms with Crippen molar-refractivity contribution in [1.29, 1.82) is 0 Å². The zero-order chi connectivity index (χ0) is 11.8. The largest absolute Gasteiger partial charge is 0.495 e. The maximum atomic E-state index is 12.0. The van der Waals surface area contributed by atoms with Crippen molar-refractivity contribution < 1.29 is 13.2 Å². The van der Waals surface area contributed by atoms with E-state index in [1.807, 2.05) is 13.0 Å². The molecule has 0 aromatic heterocycles. The van der Waals surface area contributed by atoms with E-state index in [4.69, 9.17) is 4.74 Å². The molecule has 1 saturated carbocycles. The molecule has 0 unspecified atom stereocenters. The summed E-state index contributed by atoms with van der Waals surface area (Å²) in [6.45, 7) is 1.86. The molecule has 0 spiro atoms. The molecule has 88 valence electrons. The lowest BCUT2D eigenvalue weighted by molar-refractivity contribution is 0.402. The van der Waals surface area contributed by atoms with Crippen LogP contribution in [-0.4, -0.2) is 21.6 Å². The summed E-state index contributed by atoms with van der Waals surface area (Å²) in [6, 6.07) is 5.24. The predicted molar refractivity (Wildman–Crippen MR) is 61.1 cm³/mol. The molecule has 0 saturated heterocycles. The van der Waals surface area contributed by atoms with Gasteiger partial charge in [0.05, 0.1) is 7.11 Å². The van der Waals surface area contributed by atoms with Gasteiger partial charge in [0, 0.05) is 6.04 Å². The van der Waals surface area contributed by atoms with E-state index in [0.717, 1.165) is 18.4 Å². The lowest BCUT2D eigenvalue weighted by Crippen LogP contribution is -2.26. The zero-order valence-corrected chi connectivity index (χ0v) is 10.2. The average Bonchev–Trinajstić information content (AvgIpc) is 3.01. The molecular formula is C11H15NO3S. The van der Waals surface area contributed by atoms with Crippen LogP contribution in [0.1, 0.15) is 18.4 Å². The summed E-state index contributed by atoms with van der Waals surface area (Å²) < 4.78 is 31.8. The predicted octanol–water partition coefficient (Wildman–Crippen LogP) is 1.44. The highest BCUT2D eigenvalue weighted by molar-refractivity contribution is 7.89. The fraction of sp³-hybridized carbons (Fsp3) is 0.455. The van der Waals surface area contributed by atoms with Crippen molar-refractivity contribution in [3.63, 3.8) is 0 Å². The lowest BCUT2D eigenvalue weighted by atomic mass is 10.2. The first-order chi connectivity index (χ1) is 7.53. The highest BCUT2D eigenvalue weighted by atomic mass is 32.2. The topological polar surface area (TPSA) is 55.4 Å². The normalized spacial score (nSPS) is 16.1. The van der Waals surface area contributed by atoms with E-state index in [2.05, 4.69) is 4.72 Å². The number of ether oxygens (including phenoxy) is 1. The fourth-order valence-electron chi connectivity index (χ4n) is 1.48. The van der Waals surface area contributed by atoms with Crippen molar-refractivity contribution in [3.8, 4) is 5.75 Å². The molecule has 1 N–H and O–H groups in total. The molecule has 1 aromatic carbocycles. The minimum atomic E-state index is -3.44. The molecule has 16 heavy (non-hydrogen) atoms. The van der Waals surface area contributed by atoms with Crippen LogP contribution in [0.3, 0.4) is 0 Å². The van der Waals surface area contributed by atoms with Gasteiger partial charge in [-0.15, -0.1) is 0 Å². The van der Waals surface area contributed by atoms with Crippen LogP contribution in [0.25, 0.3) is 0 Å². The van der Waals surface area contributed by atoms with Gasteiger partial charge in [0.25, 0.3) is 0 Å². The number of benzene rings is 1. The number of hydrogen-bond acceptors (Lipinski definition) is 3. The van der Waals surface area contributed by atoms with Crippen LogP contribution in [0.15, 0.2) is 23.1 Å². The number of hydrogen-bond donors (Lipinski definition) is 1. The van der Waals surface area contributed by atoms with Crippen LogP contribution >= 0.6 is 0 Å². The third-order valence-electron chi connectivity index (χ3n) is 2.51. The Morgan fingerprint density at radius 3 is 2.62 bits per heavy atom. The van der Waals surface area contributed by atoms with Crippen LogP contribution in [-0.2, 0) is 10.0 Å². The van der Waals surface area contributed by atoms with Gasteiger partial charge in [-0.05, 0) is 37.5 Å². The minimum Gasteiger partial charge on any atom is -0.495 e. The summed E-state index contributed by atoms with van der Waals surface area (Å²) in [5.41, 5.74) is 0.900. The third kappa shape index (κ3) is 2.36. The summed E-state index contributed by atoms with van der Waals surface area (Å²) in [5, 5.41) is 0. The maximum Gasteiger partial charge on any atom is 0.244 e. The zero-order valence-electron chi connectivity index (χ0n) is 9.36. The van der Waals surface area contributed by atoms with Gasteiger partial charge in [0.1, 0.15) is 10.6 Å². The van der Waals surface area contributed by atoms with Gasteiger partial charge >= 0.3 is 0 Å². The first-order valence-electron chi connectivity index (χ1n) is 5.20. The van der Waals surface area contributed by atoms with Gasteiger partial charge in [-0.1, -0.05) is 6.07 Å². The van der Waals surface area contributed by atoms with E-state index in [0.29, 0.717) is 5.75 Å². The number of sulfonamides is 1. The molecule has 1 aliphatic rings. The molecule has 1 aliphatic carbocycles. The molecule has 1 fully saturated rings.